The molecule has 0 unspecified atom stereocenters. The Bertz CT molecular complexity index is 527. The zero-order valence-corrected chi connectivity index (χ0v) is 9.58. The van der Waals surface area contributed by atoms with Gasteiger partial charge in [-0.2, -0.15) is 0 Å². The van der Waals surface area contributed by atoms with E-state index >= 15 is 0 Å². The van der Waals surface area contributed by atoms with Gasteiger partial charge in [-0.25, -0.2) is 10.0 Å². The quantitative estimate of drug-likeness (QED) is 0.598. The third-order valence-electron chi connectivity index (χ3n) is 2.26. The second kappa shape index (κ2) is 4.80. The van der Waals surface area contributed by atoms with Crippen LogP contribution >= 0.6 is 0 Å². The molecule has 17 heavy (non-hydrogen) atoms. The number of rotatable bonds is 3. The van der Waals surface area contributed by atoms with Crippen LogP contribution in [0.15, 0.2) is 34.8 Å². The molecular weight excluding hydrogens is 220 g/mol. The highest BCUT2D eigenvalue weighted by molar-refractivity contribution is 5.90. The summed E-state index contributed by atoms with van der Waals surface area (Å²) in [6, 6.07) is 7.41. The van der Waals surface area contributed by atoms with Crippen molar-refractivity contribution in [2.24, 2.45) is 0 Å². The molecule has 0 aliphatic rings. The molecule has 1 heterocycles. The van der Waals surface area contributed by atoms with Crippen molar-refractivity contribution in [3.63, 3.8) is 0 Å². The SMILES string of the molecule is CON(C)C(=O)C=Cc1nc2ccccc2o1. The van der Waals surface area contributed by atoms with E-state index in [4.69, 9.17) is 9.25 Å². The fraction of sp³-hybridized carbons (Fsp3) is 0.167. The Morgan fingerprint density at radius 3 is 2.94 bits per heavy atom. The van der Waals surface area contributed by atoms with Crippen LogP contribution in [0.4, 0.5) is 0 Å². The molecule has 0 atom stereocenters. The normalized spacial score (nSPS) is 11.2. The van der Waals surface area contributed by atoms with Crippen LogP contribution in [0, 0.1) is 0 Å². The average Bonchev–Trinajstić information content (AvgIpc) is 2.77. The summed E-state index contributed by atoms with van der Waals surface area (Å²) >= 11 is 0. The third kappa shape index (κ3) is 2.51. The molecule has 0 bridgehead atoms. The summed E-state index contributed by atoms with van der Waals surface area (Å²) < 4.78 is 5.42. The van der Waals surface area contributed by atoms with Crippen molar-refractivity contribution in [3.8, 4) is 0 Å². The van der Waals surface area contributed by atoms with Crippen LogP contribution in [-0.2, 0) is 9.63 Å². The summed E-state index contributed by atoms with van der Waals surface area (Å²) in [6.45, 7) is 0. The van der Waals surface area contributed by atoms with Gasteiger partial charge < -0.3 is 4.42 Å². The molecule has 88 valence electrons. The number of fused-ring (bicyclic) bond motifs is 1. The summed E-state index contributed by atoms with van der Waals surface area (Å²) in [5, 5.41) is 1.11. The highest BCUT2D eigenvalue weighted by Crippen LogP contribution is 2.15. The third-order valence-corrected chi connectivity index (χ3v) is 2.26. The highest BCUT2D eigenvalue weighted by Gasteiger charge is 2.05. The first-order valence-corrected chi connectivity index (χ1v) is 5.06. The van der Waals surface area contributed by atoms with E-state index in [-0.39, 0.29) is 5.91 Å². The minimum absolute atomic E-state index is 0.283. The number of hydrogen-bond donors (Lipinski definition) is 0. The van der Waals surface area contributed by atoms with Gasteiger partial charge in [0.15, 0.2) is 5.58 Å². The number of aromatic nitrogens is 1. The lowest BCUT2D eigenvalue weighted by Gasteiger charge is -2.09. The maximum atomic E-state index is 11.4. The number of oxazole rings is 1. The first kappa shape index (κ1) is 11.3. The van der Waals surface area contributed by atoms with E-state index in [9.17, 15) is 4.79 Å². The van der Waals surface area contributed by atoms with Gasteiger partial charge in [-0.1, -0.05) is 12.1 Å². The Labute approximate surface area is 98.3 Å². The molecule has 1 amide bonds. The number of carbonyl (C=O) groups is 1. The summed E-state index contributed by atoms with van der Waals surface area (Å²) in [7, 11) is 2.95. The van der Waals surface area contributed by atoms with Gasteiger partial charge >= 0.3 is 0 Å². The van der Waals surface area contributed by atoms with Gasteiger partial charge in [0.25, 0.3) is 5.91 Å². The molecule has 2 rings (SSSR count). The molecular formula is C12H12N2O3. The number of nitrogens with zero attached hydrogens (tertiary/aromatic N) is 2. The minimum atomic E-state index is -0.283. The van der Waals surface area contributed by atoms with Crippen LogP contribution in [0.1, 0.15) is 5.89 Å². The van der Waals surface area contributed by atoms with Crippen molar-refractivity contribution in [1.82, 2.24) is 10.0 Å². The summed E-state index contributed by atoms with van der Waals surface area (Å²) in [5.41, 5.74) is 1.46. The molecule has 2 aromatic rings. The van der Waals surface area contributed by atoms with Crippen LogP contribution in [0.3, 0.4) is 0 Å². The van der Waals surface area contributed by atoms with Crippen molar-refractivity contribution < 1.29 is 14.0 Å². The molecule has 1 aromatic carbocycles. The Kier molecular flexibility index (Phi) is 3.20. The van der Waals surface area contributed by atoms with E-state index in [1.54, 1.807) is 0 Å². The fourth-order valence-electron chi connectivity index (χ4n) is 1.30. The Balaban J connectivity index is 2.18. The van der Waals surface area contributed by atoms with Crippen LogP contribution in [0.2, 0.25) is 0 Å². The van der Waals surface area contributed by atoms with E-state index < -0.39 is 0 Å². The minimum Gasteiger partial charge on any atom is -0.437 e. The van der Waals surface area contributed by atoms with E-state index in [1.165, 1.54) is 26.3 Å². The number of para-hydroxylation sites is 2. The van der Waals surface area contributed by atoms with Crippen molar-refractivity contribution in [3.05, 3.63) is 36.2 Å². The largest absolute Gasteiger partial charge is 0.437 e. The fourth-order valence-corrected chi connectivity index (χ4v) is 1.30. The maximum Gasteiger partial charge on any atom is 0.270 e. The predicted octanol–water partition coefficient (Wildman–Crippen LogP) is 1.86. The molecule has 0 aliphatic carbocycles. The van der Waals surface area contributed by atoms with E-state index in [0.717, 1.165) is 10.6 Å². The van der Waals surface area contributed by atoms with Gasteiger partial charge in [-0.05, 0) is 12.1 Å². The highest BCUT2D eigenvalue weighted by atomic mass is 16.7. The standard InChI is InChI=1S/C12H12N2O3/c1-14(16-2)12(15)8-7-11-13-9-5-3-4-6-10(9)17-11/h3-8H,1-2H3. The van der Waals surface area contributed by atoms with Gasteiger partial charge in [0, 0.05) is 19.2 Å². The number of amides is 1. The van der Waals surface area contributed by atoms with Crippen LogP contribution < -0.4 is 0 Å². The Hall–Kier alpha value is -2.14. The second-order valence-electron chi connectivity index (χ2n) is 3.37. The van der Waals surface area contributed by atoms with Crippen molar-refractivity contribution in [2.45, 2.75) is 0 Å². The zero-order valence-electron chi connectivity index (χ0n) is 9.58. The average molecular weight is 232 g/mol. The van der Waals surface area contributed by atoms with E-state index in [2.05, 4.69) is 4.98 Å². The van der Waals surface area contributed by atoms with Crippen LogP contribution in [-0.4, -0.2) is 30.1 Å². The van der Waals surface area contributed by atoms with Crippen molar-refractivity contribution in [2.75, 3.05) is 14.2 Å². The van der Waals surface area contributed by atoms with Crippen molar-refractivity contribution >= 4 is 23.1 Å². The summed E-state index contributed by atoms with van der Waals surface area (Å²) in [4.78, 5) is 20.4. The summed E-state index contributed by atoms with van der Waals surface area (Å²) in [6.07, 6.45) is 2.85. The molecule has 0 N–H and O–H groups in total. The molecule has 5 nitrogen and oxygen atoms in total. The lowest BCUT2D eigenvalue weighted by atomic mass is 10.3. The summed E-state index contributed by atoms with van der Waals surface area (Å²) in [5.74, 6) is 0.110. The van der Waals surface area contributed by atoms with Crippen LogP contribution in [0.25, 0.3) is 17.2 Å². The molecule has 0 saturated heterocycles. The smallest absolute Gasteiger partial charge is 0.270 e. The number of hydroxylamine groups is 2. The topological polar surface area (TPSA) is 55.6 Å². The first-order chi connectivity index (χ1) is 8.20. The van der Waals surface area contributed by atoms with Crippen LogP contribution in [0.5, 0.6) is 0 Å². The molecule has 5 heteroatoms. The van der Waals surface area contributed by atoms with Gasteiger partial charge in [-0.15, -0.1) is 0 Å². The molecule has 0 saturated carbocycles. The zero-order chi connectivity index (χ0) is 12.3. The lowest BCUT2D eigenvalue weighted by Crippen LogP contribution is -2.22. The molecule has 1 aromatic heterocycles. The number of hydrogen-bond acceptors (Lipinski definition) is 4. The Morgan fingerprint density at radius 1 is 1.47 bits per heavy atom. The molecule has 0 aliphatic heterocycles. The van der Waals surface area contributed by atoms with E-state index in [0.29, 0.717) is 11.5 Å². The van der Waals surface area contributed by atoms with Gasteiger partial charge in [-0.3, -0.25) is 9.63 Å². The van der Waals surface area contributed by atoms with Gasteiger partial charge in [0.2, 0.25) is 5.89 Å². The first-order valence-electron chi connectivity index (χ1n) is 5.06. The number of carbonyl (C=O) groups excluding carboxylic acids is 1. The van der Waals surface area contributed by atoms with E-state index in [1.807, 2.05) is 24.3 Å². The molecule has 0 radical (unpaired) electrons. The number of benzene rings is 1. The van der Waals surface area contributed by atoms with Gasteiger partial charge in [0.05, 0.1) is 7.11 Å². The molecule has 0 spiro atoms. The maximum absolute atomic E-state index is 11.4. The second-order valence-corrected chi connectivity index (χ2v) is 3.37. The monoisotopic (exact) mass is 232 g/mol. The number of likely N-dealkylation sites (N-methyl/N-ethyl adjacent to an activating group) is 1. The predicted molar refractivity (Wildman–Crippen MR) is 62.8 cm³/mol. The van der Waals surface area contributed by atoms with Gasteiger partial charge in [0.1, 0.15) is 5.52 Å². The van der Waals surface area contributed by atoms with Crippen molar-refractivity contribution in [1.29, 1.82) is 0 Å². The molecule has 0 fully saturated rings. The Morgan fingerprint density at radius 2 is 2.24 bits per heavy atom. The lowest BCUT2D eigenvalue weighted by molar-refractivity contribution is -0.162.